The Morgan fingerprint density at radius 3 is 2.36 bits per heavy atom. The molecule has 8 heteroatoms. The number of hydrogen-bond acceptors (Lipinski definition) is 3. The quantitative estimate of drug-likeness (QED) is 0.672. The number of nitrogens with zero attached hydrogens (tertiary/aromatic N) is 2. The number of hydrogen-bond donors (Lipinski definition) is 0. The first-order valence-corrected chi connectivity index (χ1v) is 11.3. The standard InChI is InChI=1S/C20H22BrFN2O3S/c1-23(14-16-4-2-3-5-19(16)22)20(25)15-10-12-24(13-11-15)28(26,27)18-8-6-17(21)7-9-18/h2-9,15H,10-14H2,1H3. The monoisotopic (exact) mass is 468 g/mol. The van der Waals surface area contributed by atoms with E-state index < -0.39 is 10.0 Å². The minimum atomic E-state index is -3.56. The zero-order valence-electron chi connectivity index (χ0n) is 15.5. The summed E-state index contributed by atoms with van der Waals surface area (Å²) < 4.78 is 41.6. The lowest BCUT2D eigenvalue weighted by Crippen LogP contribution is -2.43. The molecule has 5 nitrogen and oxygen atoms in total. The van der Waals surface area contributed by atoms with E-state index in [1.165, 1.54) is 15.3 Å². The SMILES string of the molecule is CN(Cc1ccccc1F)C(=O)C1CCN(S(=O)(=O)c2ccc(Br)cc2)CC1. The molecular formula is C20H22BrFN2O3S. The number of carbonyl (C=O) groups excluding carboxylic acids is 1. The van der Waals surface area contributed by atoms with Crippen molar-refractivity contribution in [3.8, 4) is 0 Å². The lowest BCUT2D eigenvalue weighted by Gasteiger charge is -2.32. The topological polar surface area (TPSA) is 57.7 Å². The van der Waals surface area contributed by atoms with Gasteiger partial charge in [0.2, 0.25) is 15.9 Å². The number of carbonyl (C=O) groups is 1. The zero-order chi connectivity index (χ0) is 20.3. The van der Waals surface area contributed by atoms with Gasteiger partial charge in [0.1, 0.15) is 5.82 Å². The fourth-order valence-corrected chi connectivity index (χ4v) is 5.10. The van der Waals surface area contributed by atoms with Crippen LogP contribution in [0.3, 0.4) is 0 Å². The van der Waals surface area contributed by atoms with E-state index in [0.717, 1.165) is 4.47 Å². The smallest absolute Gasteiger partial charge is 0.243 e. The molecule has 150 valence electrons. The van der Waals surface area contributed by atoms with Crippen molar-refractivity contribution in [2.24, 2.45) is 5.92 Å². The van der Waals surface area contributed by atoms with Crippen LogP contribution in [0, 0.1) is 11.7 Å². The van der Waals surface area contributed by atoms with Crippen molar-refractivity contribution < 1.29 is 17.6 Å². The number of amides is 1. The highest BCUT2D eigenvalue weighted by molar-refractivity contribution is 9.10. The second-order valence-electron chi connectivity index (χ2n) is 6.92. The predicted molar refractivity (Wildman–Crippen MR) is 108 cm³/mol. The molecule has 2 aromatic carbocycles. The highest BCUT2D eigenvalue weighted by Gasteiger charge is 2.33. The van der Waals surface area contributed by atoms with Gasteiger partial charge in [0.25, 0.3) is 0 Å². The van der Waals surface area contributed by atoms with E-state index in [1.807, 2.05) is 0 Å². The van der Waals surface area contributed by atoms with Crippen LogP contribution < -0.4 is 0 Å². The van der Waals surface area contributed by atoms with Crippen LogP contribution in [0.5, 0.6) is 0 Å². The Hall–Kier alpha value is -1.77. The highest BCUT2D eigenvalue weighted by atomic mass is 79.9. The summed E-state index contributed by atoms with van der Waals surface area (Å²) in [7, 11) is -1.91. The molecule has 0 atom stereocenters. The first-order chi connectivity index (χ1) is 13.3. The fraction of sp³-hybridized carbons (Fsp3) is 0.350. The summed E-state index contributed by atoms with van der Waals surface area (Å²) in [4.78, 5) is 14.5. The van der Waals surface area contributed by atoms with E-state index >= 15 is 0 Å². The van der Waals surface area contributed by atoms with Crippen molar-refractivity contribution in [3.05, 3.63) is 64.4 Å². The van der Waals surface area contributed by atoms with Gasteiger partial charge in [0.15, 0.2) is 0 Å². The number of sulfonamides is 1. The molecule has 1 saturated heterocycles. The maximum atomic E-state index is 13.8. The van der Waals surface area contributed by atoms with Gasteiger partial charge in [-0.15, -0.1) is 0 Å². The molecule has 28 heavy (non-hydrogen) atoms. The molecule has 0 aliphatic carbocycles. The molecule has 0 N–H and O–H groups in total. The summed E-state index contributed by atoms with van der Waals surface area (Å²) in [6.07, 6.45) is 0.909. The molecule has 1 amide bonds. The molecule has 1 aliphatic heterocycles. The van der Waals surface area contributed by atoms with Gasteiger partial charge in [0, 0.05) is 42.6 Å². The van der Waals surface area contributed by atoms with Crippen LogP contribution in [0.2, 0.25) is 0 Å². The minimum Gasteiger partial charge on any atom is -0.341 e. The highest BCUT2D eigenvalue weighted by Crippen LogP contribution is 2.26. The fourth-order valence-electron chi connectivity index (χ4n) is 3.37. The average Bonchev–Trinajstić information content (AvgIpc) is 2.69. The summed E-state index contributed by atoms with van der Waals surface area (Å²) >= 11 is 3.30. The first-order valence-electron chi connectivity index (χ1n) is 9.03. The molecule has 1 aliphatic rings. The lowest BCUT2D eigenvalue weighted by atomic mass is 9.96. The summed E-state index contributed by atoms with van der Waals surface area (Å²) in [5, 5.41) is 0. The van der Waals surface area contributed by atoms with Crippen molar-refractivity contribution in [1.29, 1.82) is 0 Å². The summed E-state index contributed by atoms with van der Waals surface area (Å²) in [6, 6.07) is 12.9. The summed E-state index contributed by atoms with van der Waals surface area (Å²) in [6.45, 7) is 0.785. The van der Waals surface area contributed by atoms with Crippen LogP contribution in [-0.2, 0) is 21.4 Å². The third kappa shape index (κ3) is 4.61. The van der Waals surface area contributed by atoms with Gasteiger partial charge in [0.05, 0.1) is 4.90 Å². The van der Waals surface area contributed by atoms with Crippen molar-refractivity contribution in [2.45, 2.75) is 24.3 Å². The summed E-state index contributed by atoms with van der Waals surface area (Å²) in [5.41, 5.74) is 0.466. The summed E-state index contributed by atoms with van der Waals surface area (Å²) in [5.74, 6) is -0.672. The zero-order valence-corrected chi connectivity index (χ0v) is 17.9. The molecule has 1 fully saturated rings. The van der Waals surface area contributed by atoms with Gasteiger partial charge in [-0.3, -0.25) is 4.79 Å². The maximum absolute atomic E-state index is 13.8. The number of benzene rings is 2. The molecule has 2 aromatic rings. The normalized spacial score (nSPS) is 16.1. The molecule has 3 rings (SSSR count). The van der Waals surface area contributed by atoms with Crippen molar-refractivity contribution in [1.82, 2.24) is 9.21 Å². The predicted octanol–water partition coefficient (Wildman–Crippen LogP) is 3.65. The van der Waals surface area contributed by atoms with Crippen LogP contribution in [0.4, 0.5) is 4.39 Å². The Kier molecular flexibility index (Phi) is 6.52. The Bertz CT molecular complexity index is 942. The Morgan fingerprint density at radius 1 is 1.14 bits per heavy atom. The largest absolute Gasteiger partial charge is 0.341 e. The van der Waals surface area contributed by atoms with Crippen LogP contribution in [0.1, 0.15) is 18.4 Å². The van der Waals surface area contributed by atoms with E-state index in [1.54, 1.807) is 49.5 Å². The van der Waals surface area contributed by atoms with Crippen LogP contribution >= 0.6 is 15.9 Å². The van der Waals surface area contributed by atoms with Crippen molar-refractivity contribution in [2.75, 3.05) is 20.1 Å². The van der Waals surface area contributed by atoms with Crippen LogP contribution in [0.15, 0.2) is 57.9 Å². The number of piperidine rings is 1. The van der Waals surface area contributed by atoms with E-state index in [0.29, 0.717) is 31.5 Å². The molecule has 0 saturated carbocycles. The van der Waals surface area contributed by atoms with Gasteiger partial charge >= 0.3 is 0 Å². The van der Waals surface area contributed by atoms with Gasteiger partial charge in [-0.1, -0.05) is 34.1 Å². The molecule has 0 aromatic heterocycles. The molecule has 0 radical (unpaired) electrons. The van der Waals surface area contributed by atoms with E-state index in [-0.39, 0.29) is 29.1 Å². The maximum Gasteiger partial charge on any atom is 0.243 e. The van der Waals surface area contributed by atoms with Gasteiger partial charge < -0.3 is 4.90 Å². The lowest BCUT2D eigenvalue weighted by molar-refractivity contribution is -0.136. The van der Waals surface area contributed by atoms with Gasteiger partial charge in [-0.05, 0) is 43.2 Å². The Balaban J connectivity index is 1.60. The van der Waals surface area contributed by atoms with E-state index in [4.69, 9.17) is 0 Å². The van der Waals surface area contributed by atoms with Crippen LogP contribution in [0.25, 0.3) is 0 Å². The van der Waals surface area contributed by atoms with Crippen LogP contribution in [-0.4, -0.2) is 43.7 Å². The van der Waals surface area contributed by atoms with E-state index in [2.05, 4.69) is 15.9 Å². The second kappa shape index (κ2) is 8.71. The second-order valence-corrected chi connectivity index (χ2v) is 9.77. The number of rotatable bonds is 5. The molecule has 1 heterocycles. The number of halogens is 2. The minimum absolute atomic E-state index is 0.0797. The average molecular weight is 469 g/mol. The Morgan fingerprint density at radius 2 is 1.75 bits per heavy atom. The third-order valence-corrected chi connectivity index (χ3v) is 7.44. The van der Waals surface area contributed by atoms with Gasteiger partial charge in [-0.2, -0.15) is 4.31 Å². The first kappa shape index (κ1) is 21.0. The molecule has 0 spiro atoms. The van der Waals surface area contributed by atoms with Crippen molar-refractivity contribution >= 4 is 31.9 Å². The van der Waals surface area contributed by atoms with E-state index in [9.17, 15) is 17.6 Å². The Labute approximate surface area is 173 Å². The van der Waals surface area contributed by atoms with Crippen molar-refractivity contribution in [3.63, 3.8) is 0 Å². The van der Waals surface area contributed by atoms with Gasteiger partial charge in [-0.25, -0.2) is 12.8 Å². The molecular weight excluding hydrogens is 447 g/mol. The molecule has 0 unspecified atom stereocenters. The molecule has 0 bridgehead atoms. The third-order valence-electron chi connectivity index (χ3n) is 5.00.